The number of rotatable bonds is 10. The molecule has 0 aliphatic carbocycles. The molecular formula is C14H28N2O5Si. The van der Waals surface area contributed by atoms with E-state index in [4.69, 9.17) is 13.3 Å². The molecule has 0 aromatic carbocycles. The molecule has 1 heterocycles. The number of amides is 3. The average Bonchev–Trinajstić information content (AvgIpc) is 2.62. The van der Waals surface area contributed by atoms with Gasteiger partial charge >= 0.3 is 14.8 Å². The highest BCUT2D eigenvalue weighted by Gasteiger charge is 2.46. The first-order chi connectivity index (χ1) is 10.3. The number of nitrogens with one attached hydrogen (secondary N) is 1. The molecule has 3 amide bonds. The van der Waals surface area contributed by atoms with Crippen LogP contribution in [0.1, 0.15) is 41.0 Å². The van der Waals surface area contributed by atoms with Crippen molar-refractivity contribution in [3.05, 3.63) is 0 Å². The highest BCUT2D eigenvalue weighted by molar-refractivity contribution is 6.60. The summed E-state index contributed by atoms with van der Waals surface area (Å²) in [5, 5.41) is 2.35. The van der Waals surface area contributed by atoms with Crippen LogP contribution in [0, 0.1) is 0 Å². The Morgan fingerprint density at radius 1 is 1.05 bits per heavy atom. The molecule has 7 nitrogen and oxygen atoms in total. The minimum absolute atomic E-state index is 0.263. The number of hydrogen-bond donors (Lipinski definition) is 1. The van der Waals surface area contributed by atoms with Gasteiger partial charge in [0.05, 0.1) is 0 Å². The predicted octanol–water partition coefficient (Wildman–Crippen LogP) is 1.76. The second kappa shape index (κ2) is 8.05. The normalized spacial score (nSPS) is 18.0. The van der Waals surface area contributed by atoms with Gasteiger partial charge in [-0.25, -0.2) is 4.79 Å². The van der Waals surface area contributed by atoms with Crippen molar-refractivity contribution in [3.63, 3.8) is 0 Å². The molecule has 0 unspecified atom stereocenters. The second-order valence-electron chi connectivity index (χ2n) is 5.56. The molecule has 0 bridgehead atoms. The van der Waals surface area contributed by atoms with Crippen LogP contribution in [-0.4, -0.2) is 57.5 Å². The Hall–Kier alpha value is -0.963. The molecular weight excluding hydrogens is 304 g/mol. The van der Waals surface area contributed by atoms with Gasteiger partial charge in [-0.2, -0.15) is 0 Å². The molecule has 22 heavy (non-hydrogen) atoms. The molecule has 0 spiro atoms. The van der Waals surface area contributed by atoms with Crippen molar-refractivity contribution in [2.24, 2.45) is 0 Å². The maximum Gasteiger partial charge on any atom is 0.500 e. The molecule has 8 heteroatoms. The third-order valence-electron chi connectivity index (χ3n) is 3.65. The largest absolute Gasteiger partial charge is 0.500 e. The summed E-state index contributed by atoms with van der Waals surface area (Å²) in [7, 11) is -2.70. The Kier molecular flexibility index (Phi) is 6.98. The van der Waals surface area contributed by atoms with Crippen LogP contribution in [0.3, 0.4) is 0 Å². The molecule has 1 N–H and O–H groups in total. The quantitative estimate of drug-likeness (QED) is 0.487. The van der Waals surface area contributed by atoms with Crippen molar-refractivity contribution >= 4 is 20.7 Å². The lowest BCUT2D eigenvalue weighted by Crippen LogP contribution is -2.48. The number of imide groups is 1. The zero-order chi connectivity index (χ0) is 16.8. The Labute approximate surface area is 133 Å². The van der Waals surface area contributed by atoms with Gasteiger partial charge in [-0.05, 0) is 41.0 Å². The minimum atomic E-state index is -2.70. The molecule has 1 fully saturated rings. The first-order valence-electron chi connectivity index (χ1n) is 7.87. The second-order valence-corrected chi connectivity index (χ2v) is 8.29. The zero-order valence-corrected chi connectivity index (χ0v) is 15.2. The number of urea groups is 1. The lowest BCUT2D eigenvalue weighted by molar-refractivity contribution is -0.125. The topological polar surface area (TPSA) is 77.1 Å². The van der Waals surface area contributed by atoms with Crippen LogP contribution in [0.2, 0.25) is 6.04 Å². The van der Waals surface area contributed by atoms with Crippen LogP contribution in [0.25, 0.3) is 0 Å². The summed E-state index contributed by atoms with van der Waals surface area (Å²) in [5.74, 6) is -0.263. The van der Waals surface area contributed by atoms with Crippen molar-refractivity contribution in [2.75, 3.05) is 26.4 Å². The van der Waals surface area contributed by atoms with Crippen molar-refractivity contribution in [1.82, 2.24) is 10.2 Å². The van der Waals surface area contributed by atoms with E-state index in [0.717, 1.165) is 0 Å². The average molecular weight is 332 g/mol. The molecule has 1 aliphatic rings. The molecule has 128 valence electrons. The smallest absolute Gasteiger partial charge is 0.374 e. The predicted molar refractivity (Wildman–Crippen MR) is 84.4 cm³/mol. The van der Waals surface area contributed by atoms with Crippen molar-refractivity contribution in [3.8, 4) is 0 Å². The Morgan fingerprint density at radius 2 is 1.55 bits per heavy atom. The van der Waals surface area contributed by atoms with E-state index < -0.39 is 14.3 Å². The van der Waals surface area contributed by atoms with Crippen LogP contribution < -0.4 is 5.32 Å². The van der Waals surface area contributed by atoms with Crippen molar-refractivity contribution < 1.29 is 22.9 Å². The van der Waals surface area contributed by atoms with E-state index >= 15 is 0 Å². The van der Waals surface area contributed by atoms with E-state index in [1.165, 1.54) is 0 Å². The molecule has 0 aromatic heterocycles. The van der Waals surface area contributed by atoms with Crippen LogP contribution >= 0.6 is 0 Å². The van der Waals surface area contributed by atoms with Gasteiger partial charge in [-0.1, -0.05) is 0 Å². The van der Waals surface area contributed by atoms with Gasteiger partial charge in [0.2, 0.25) is 0 Å². The van der Waals surface area contributed by atoms with Crippen molar-refractivity contribution in [1.29, 1.82) is 0 Å². The van der Waals surface area contributed by atoms with E-state index in [1.807, 2.05) is 20.8 Å². The van der Waals surface area contributed by atoms with Crippen LogP contribution in [0.4, 0.5) is 4.79 Å². The highest BCUT2D eigenvalue weighted by atomic mass is 28.4. The summed E-state index contributed by atoms with van der Waals surface area (Å²) >= 11 is 0. The lowest BCUT2D eigenvalue weighted by atomic mass is 10.0. The summed E-state index contributed by atoms with van der Waals surface area (Å²) in [6.45, 7) is 11.3. The van der Waals surface area contributed by atoms with Crippen molar-refractivity contribution in [2.45, 2.75) is 52.6 Å². The van der Waals surface area contributed by atoms with Gasteiger partial charge in [0.1, 0.15) is 5.54 Å². The third kappa shape index (κ3) is 4.28. The fourth-order valence-corrected chi connectivity index (χ4v) is 5.12. The SMILES string of the molecule is CCO[Si](CCCN1C(=O)NC(=O)C1(C)C)(OCC)OCC. The van der Waals surface area contributed by atoms with Gasteiger partial charge in [0, 0.05) is 32.4 Å². The summed E-state index contributed by atoms with van der Waals surface area (Å²) < 4.78 is 17.4. The lowest BCUT2D eigenvalue weighted by Gasteiger charge is -2.31. The molecule has 0 atom stereocenters. The fourth-order valence-electron chi connectivity index (χ4n) is 2.53. The van der Waals surface area contributed by atoms with Crippen LogP contribution in [0.15, 0.2) is 0 Å². The molecule has 1 saturated heterocycles. The van der Waals surface area contributed by atoms with Crippen LogP contribution in [-0.2, 0) is 18.1 Å². The number of carbonyl (C=O) groups is 2. The molecule has 0 aromatic rings. The third-order valence-corrected chi connectivity index (χ3v) is 6.80. The highest BCUT2D eigenvalue weighted by Crippen LogP contribution is 2.24. The Bertz CT molecular complexity index is 386. The molecule has 1 rings (SSSR count). The van der Waals surface area contributed by atoms with Gasteiger partial charge in [-0.3, -0.25) is 10.1 Å². The summed E-state index contributed by atoms with van der Waals surface area (Å²) in [6.07, 6.45) is 0.663. The van der Waals surface area contributed by atoms with Crippen LogP contribution in [0.5, 0.6) is 0 Å². The van der Waals surface area contributed by atoms with Gasteiger partial charge in [0.25, 0.3) is 5.91 Å². The first-order valence-corrected chi connectivity index (χ1v) is 9.81. The monoisotopic (exact) mass is 332 g/mol. The van der Waals surface area contributed by atoms with E-state index in [-0.39, 0.29) is 11.9 Å². The maximum atomic E-state index is 11.8. The standard InChI is InChI=1S/C14H28N2O5Si/c1-6-19-22(20-7-2,21-8-3)11-9-10-16-13(18)15-12(17)14(16,4)5/h6-11H2,1-5H3,(H,15,17,18). The maximum absolute atomic E-state index is 11.8. The van der Waals surface area contributed by atoms with Gasteiger partial charge < -0.3 is 18.2 Å². The fraction of sp³-hybridized carbons (Fsp3) is 0.857. The van der Waals surface area contributed by atoms with E-state index in [2.05, 4.69) is 5.32 Å². The van der Waals surface area contributed by atoms with E-state index in [9.17, 15) is 9.59 Å². The minimum Gasteiger partial charge on any atom is -0.374 e. The first kappa shape index (κ1) is 19.1. The molecule has 1 aliphatic heterocycles. The summed E-state index contributed by atoms with van der Waals surface area (Å²) in [6, 6.07) is 0.280. The van der Waals surface area contributed by atoms with E-state index in [0.29, 0.717) is 38.8 Å². The molecule has 0 saturated carbocycles. The molecule has 0 radical (unpaired) electrons. The van der Waals surface area contributed by atoms with E-state index in [1.54, 1.807) is 18.7 Å². The Morgan fingerprint density at radius 3 is 1.91 bits per heavy atom. The van der Waals surface area contributed by atoms with Gasteiger partial charge in [0.15, 0.2) is 0 Å². The summed E-state index contributed by atoms with van der Waals surface area (Å²) in [4.78, 5) is 25.1. The van der Waals surface area contributed by atoms with Gasteiger partial charge in [-0.15, -0.1) is 0 Å². The Balaban J connectivity index is 2.65. The number of nitrogens with zero attached hydrogens (tertiary/aromatic N) is 1. The number of carbonyl (C=O) groups excluding carboxylic acids is 2. The zero-order valence-electron chi connectivity index (χ0n) is 14.2. The number of hydrogen-bond acceptors (Lipinski definition) is 5. The summed E-state index contributed by atoms with van der Waals surface area (Å²) in [5.41, 5.74) is -0.815.